The minimum atomic E-state index is -0.973. The number of rotatable bonds is 9. The number of carbonyl (C=O) groups excluding carboxylic acids is 3. The van der Waals surface area contributed by atoms with Crippen molar-refractivity contribution in [2.45, 2.75) is 57.7 Å². The Morgan fingerprint density at radius 2 is 1.77 bits per heavy atom. The number of hydrogen-bond acceptors (Lipinski definition) is 5. The third-order valence-corrected chi connectivity index (χ3v) is 6.20. The van der Waals surface area contributed by atoms with Crippen molar-refractivity contribution < 1.29 is 23.2 Å². The van der Waals surface area contributed by atoms with Gasteiger partial charge in [-0.1, -0.05) is 49.6 Å². The molecule has 3 aromatic rings. The van der Waals surface area contributed by atoms with Gasteiger partial charge in [0.25, 0.3) is 11.8 Å². The molecule has 1 saturated carbocycles. The van der Waals surface area contributed by atoms with Crippen LogP contribution < -0.4 is 10.6 Å². The summed E-state index contributed by atoms with van der Waals surface area (Å²) in [6, 6.07) is 15.2. The largest absolute Gasteiger partial charge is 0.464 e. The van der Waals surface area contributed by atoms with Crippen molar-refractivity contribution in [2.24, 2.45) is 0 Å². The van der Waals surface area contributed by atoms with Crippen LogP contribution in [0.1, 0.15) is 65.8 Å². The molecule has 8 heteroatoms. The van der Waals surface area contributed by atoms with Crippen molar-refractivity contribution in [3.05, 3.63) is 83.7 Å². The normalized spacial score (nSPS) is 14.8. The second-order valence-corrected chi connectivity index (χ2v) is 8.86. The van der Waals surface area contributed by atoms with Crippen LogP contribution >= 0.6 is 0 Å². The predicted octanol–water partition coefficient (Wildman–Crippen LogP) is 4.13. The van der Waals surface area contributed by atoms with E-state index in [1.54, 1.807) is 25.1 Å². The zero-order chi connectivity index (χ0) is 24.6. The summed E-state index contributed by atoms with van der Waals surface area (Å²) in [7, 11) is 0. The minimum Gasteiger partial charge on any atom is -0.464 e. The van der Waals surface area contributed by atoms with Gasteiger partial charge < -0.3 is 24.4 Å². The molecule has 0 bridgehead atoms. The second-order valence-electron chi connectivity index (χ2n) is 8.86. The lowest BCUT2D eigenvalue weighted by molar-refractivity contribution is -0.142. The minimum absolute atomic E-state index is 0.0714. The SMILES string of the molecule is Cc1ccc(C(C(=O)NC2CCCCC2)N(Cc2ccccc2)C(=O)CNC(=O)c2ccco2)o1. The number of nitrogens with zero attached hydrogens (tertiary/aromatic N) is 1. The zero-order valence-electron chi connectivity index (χ0n) is 19.9. The van der Waals surface area contributed by atoms with Crippen LogP contribution in [0.2, 0.25) is 0 Å². The fourth-order valence-electron chi connectivity index (χ4n) is 4.41. The van der Waals surface area contributed by atoms with Gasteiger partial charge in [-0.15, -0.1) is 0 Å². The summed E-state index contributed by atoms with van der Waals surface area (Å²) in [4.78, 5) is 40.9. The average molecular weight is 478 g/mol. The molecular formula is C27H31N3O5. The van der Waals surface area contributed by atoms with Gasteiger partial charge in [-0.05, 0) is 49.6 Å². The Morgan fingerprint density at radius 1 is 1.00 bits per heavy atom. The molecule has 2 aromatic heterocycles. The Hall–Kier alpha value is -3.81. The molecule has 2 heterocycles. The van der Waals surface area contributed by atoms with Crippen LogP contribution in [0.4, 0.5) is 0 Å². The van der Waals surface area contributed by atoms with Gasteiger partial charge in [0.2, 0.25) is 5.91 Å². The van der Waals surface area contributed by atoms with Crippen LogP contribution in [0.15, 0.2) is 69.7 Å². The van der Waals surface area contributed by atoms with Gasteiger partial charge in [0, 0.05) is 12.6 Å². The monoisotopic (exact) mass is 477 g/mol. The number of benzene rings is 1. The van der Waals surface area contributed by atoms with E-state index >= 15 is 0 Å². The summed E-state index contributed by atoms with van der Waals surface area (Å²) in [6.07, 6.45) is 6.54. The van der Waals surface area contributed by atoms with Crippen molar-refractivity contribution >= 4 is 17.7 Å². The Balaban J connectivity index is 1.60. The Kier molecular flexibility index (Phi) is 8.03. The van der Waals surface area contributed by atoms with E-state index in [-0.39, 0.29) is 30.8 Å². The van der Waals surface area contributed by atoms with Crippen LogP contribution in [0, 0.1) is 6.92 Å². The first-order valence-corrected chi connectivity index (χ1v) is 12.0. The van der Waals surface area contributed by atoms with Gasteiger partial charge in [-0.25, -0.2) is 0 Å². The van der Waals surface area contributed by atoms with Crippen LogP contribution in [-0.4, -0.2) is 35.2 Å². The van der Waals surface area contributed by atoms with Crippen molar-refractivity contribution in [1.82, 2.24) is 15.5 Å². The topological polar surface area (TPSA) is 105 Å². The molecule has 8 nitrogen and oxygen atoms in total. The second kappa shape index (κ2) is 11.6. The molecule has 184 valence electrons. The number of furan rings is 2. The highest BCUT2D eigenvalue weighted by Crippen LogP contribution is 2.27. The van der Waals surface area contributed by atoms with Gasteiger partial charge in [-0.2, -0.15) is 0 Å². The Bertz CT molecular complexity index is 1120. The number of nitrogens with one attached hydrogen (secondary N) is 2. The molecule has 1 atom stereocenters. The molecule has 0 spiro atoms. The molecule has 1 aliphatic carbocycles. The molecule has 1 fully saturated rings. The van der Waals surface area contributed by atoms with E-state index in [9.17, 15) is 14.4 Å². The van der Waals surface area contributed by atoms with Gasteiger partial charge in [0.05, 0.1) is 12.8 Å². The number of amides is 3. The molecule has 1 aromatic carbocycles. The van der Waals surface area contributed by atoms with Crippen LogP contribution in [0.25, 0.3) is 0 Å². The van der Waals surface area contributed by atoms with E-state index in [1.807, 2.05) is 30.3 Å². The molecule has 0 aliphatic heterocycles. The molecule has 4 rings (SSSR count). The summed E-state index contributed by atoms with van der Waals surface area (Å²) in [5, 5.41) is 5.74. The zero-order valence-corrected chi connectivity index (χ0v) is 19.9. The van der Waals surface area contributed by atoms with Crippen molar-refractivity contribution in [3.63, 3.8) is 0 Å². The van der Waals surface area contributed by atoms with Crippen molar-refractivity contribution in [2.75, 3.05) is 6.54 Å². The molecule has 35 heavy (non-hydrogen) atoms. The summed E-state index contributed by atoms with van der Waals surface area (Å²) in [5.74, 6) is -0.0497. The van der Waals surface area contributed by atoms with E-state index in [4.69, 9.17) is 8.83 Å². The number of hydrogen-bond donors (Lipinski definition) is 2. The van der Waals surface area contributed by atoms with Crippen molar-refractivity contribution in [3.8, 4) is 0 Å². The quantitative estimate of drug-likeness (QED) is 0.482. The number of carbonyl (C=O) groups is 3. The molecule has 1 aliphatic rings. The lowest BCUT2D eigenvalue weighted by atomic mass is 9.95. The molecule has 3 amide bonds. The molecule has 1 unspecified atom stereocenters. The lowest BCUT2D eigenvalue weighted by Gasteiger charge is -2.32. The Morgan fingerprint density at radius 3 is 2.43 bits per heavy atom. The molecule has 0 radical (unpaired) electrons. The van der Waals surface area contributed by atoms with E-state index in [0.717, 1.165) is 31.2 Å². The summed E-state index contributed by atoms with van der Waals surface area (Å²) < 4.78 is 11.0. The summed E-state index contributed by atoms with van der Waals surface area (Å²) >= 11 is 0. The highest BCUT2D eigenvalue weighted by molar-refractivity contribution is 5.95. The highest BCUT2D eigenvalue weighted by Gasteiger charge is 2.35. The summed E-state index contributed by atoms with van der Waals surface area (Å²) in [6.45, 7) is 1.69. The predicted molar refractivity (Wildman–Crippen MR) is 129 cm³/mol. The summed E-state index contributed by atoms with van der Waals surface area (Å²) in [5.41, 5.74) is 0.858. The van der Waals surface area contributed by atoms with Crippen molar-refractivity contribution in [1.29, 1.82) is 0 Å². The first-order valence-electron chi connectivity index (χ1n) is 12.0. The van der Waals surface area contributed by atoms with Crippen LogP contribution in [0.5, 0.6) is 0 Å². The fraction of sp³-hybridized carbons (Fsp3) is 0.370. The van der Waals surface area contributed by atoms with Gasteiger partial charge in [0.15, 0.2) is 11.8 Å². The maximum absolute atomic E-state index is 13.6. The lowest BCUT2D eigenvalue weighted by Crippen LogP contribution is -2.49. The van der Waals surface area contributed by atoms with Gasteiger partial charge in [-0.3, -0.25) is 14.4 Å². The maximum Gasteiger partial charge on any atom is 0.287 e. The Labute approximate surface area is 204 Å². The first kappa shape index (κ1) is 24.3. The average Bonchev–Trinajstić information content (AvgIpc) is 3.56. The fourth-order valence-corrected chi connectivity index (χ4v) is 4.41. The van der Waals surface area contributed by atoms with Gasteiger partial charge >= 0.3 is 0 Å². The van der Waals surface area contributed by atoms with Gasteiger partial charge in [0.1, 0.15) is 11.5 Å². The standard InChI is InChI=1S/C27H31N3O5/c1-19-14-15-22(35-19)25(27(33)29-21-11-6-3-7-12-21)30(18-20-9-4-2-5-10-20)24(31)17-28-26(32)23-13-8-16-34-23/h2,4-5,8-10,13-16,21,25H,3,6-7,11-12,17-18H2,1H3,(H,28,32)(H,29,33). The molecule has 2 N–H and O–H groups in total. The third-order valence-electron chi connectivity index (χ3n) is 6.20. The number of aryl methyl sites for hydroxylation is 1. The molecular weight excluding hydrogens is 446 g/mol. The third kappa shape index (κ3) is 6.41. The van der Waals surface area contributed by atoms with E-state index in [1.165, 1.54) is 23.7 Å². The van der Waals surface area contributed by atoms with Crippen LogP contribution in [0.3, 0.4) is 0 Å². The van der Waals surface area contributed by atoms with Crippen LogP contribution in [-0.2, 0) is 16.1 Å². The smallest absolute Gasteiger partial charge is 0.287 e. The van der Waals surface area contributed by atoms with E-state index in [0.29, 0.717) is 11.5 Å². The van der Waals surface area contributed by atoms with E-state index < -0.39 is 17.9 Å². The van der Waals surface area contributed by atoms with E-state index in [2.05, 4.69) is 10.6 Å². The maximum atomic E-state index is 13.6. The highest BCUT2D eigenvalue weighted by atomic mass is 16.3. The molecule has 0 saturated heterocycles. The first-order chi connectivity index (χ1) is 17.0.